The minimum atomic E-state index is 0.263. The van der Waals surface area contributed by atoms with Crippen LogP contribution in [0.1, 0.15) is 19.3 Å². The fraction of sp³-hybridized carbons (Fsp3) is 0.857. The second-order valence-corrected chi connectivity index (χ2v) is 3.30. The lowest BCUT2D eigenvalue weighted by molar-refractivity contribution is 0.675. The van der Waals surface area contributed by atoms with E-state index < -0.39 is 0 Å². The summed E-state index contributed by atoms with van der Waals surface area (Å²) in [6.45, 7) is 0. The van der Waals surface area contributed by atoms with Crippen LogP contribution in [0.5, 0.6) is 0 Å². The fourth-order valence-electron chi connectivity index (χ4n) is 2.15. The first kappa shape index (κ1) is 6.01. The van der Waals surface area contributed by atoms with Crippen molar-refractivity contribution in [3.8, 4) is 0 Å². The molecule has 10 heavy (non-hydrogen) atoms. The molecule has 0 aliphatic heterocycles. The second kappa shape index (κ2) is 1.87. The third-order valence-corrected chi connectivity index (χ3v) is 2.66. The number of nitrogens with two attached hydrogens (primary N) is 2. The number of nitrogens with zero attached hydrogens (tertiary/aromatic N) is 1. The first-order valence-electron chi connectivity index (χ1n) is 3.88. The summed E-state index contributed by atoms with van der Waals surface area (Å²) in [4.78, 5) is 4.15. The first-order valence-corrected chi connectivity index (χ1v) is 3.88. The Hall–Kier alpha value is -0.730. The zero-order chi connectivity index (χ0) is 7.14. The van der Waals surface area contributed by atoms with Crippen LogP contribution in [-0.4, -0.2) is 12.0 Å². The minimum absolute atomic E-state index is 0.263. The molecule has 0 saturated heterocycles. The molecule has 0 aromatic heterocycles. The number of rotatable bonds is 1. The van der Waals surface area contributed by atoms with Gasteiger partial charge in [-0.2, -0.15) is 0 Å². The maximum Gasteiger partial charge on any atom is 0.186 e. The molecule has 2 saturated carbocycles. The number of hydrogen-bond acceptors (Lipinski definition) is 1. The van der Waals surface area contributed by atoms with Crippen LogP contribution in [0.25, 0.3) is 0 Å². The summed E-state index contributed by atoms with van der Waals surface area (Å²) in [5.74, 6) is 1.93. The fourth-order valence-corrected chi connectivity index (χ4v) is 2.15. The van der Waals surface area contributed by atoms with Gasteiger partial charge in [0.2, 0.25) is 0 Å². The third kappa shape index (κ3) is 0.770. The summed E-state index contributed by atoms with van der Waals surface area (Å²) >= 11 is 0. The van der Waals surface area contributed by atoms with Crippen molar-refractivity contribution >= 4 is 5.96 Å². The van der Waals surface area contributed by atoms with Gasteiger partial charge in [0.05, 0.1) is 6.04 Å². The van der Waals surface area contributed by atoms with Crippen LogP contribution in [0.15, 0.2) is 4.99 Å². The Morgan fingerprint density at radius 2 is 1.80 bits per heavy atom. The van der Waals surface area contributed by atoms with Crippen molar-refractivity contribution in [2.45, 2.75) is 25.3 Å². The molecule has 0 aromatic carbocycles. The molecule has 2 atom stereocenters. The van der Waals surface area contributed by atoms with E-state index in [4.69, 9.17) is 11.5 Å². The van der Waals surface area contributed by atoms with Crippen LogP contribution < -0.4 is 11.5 Å². The Kier molecular flexibility index (Phi) is 1.13. The summed E-state index contributed by atoms with van der Waals surface area (Å²) in [6.07, 6.45) is 4.06. The molecule has 4 N–H and O–H groups in total. The molecule has 2 aliphatic rings. The molecule has 56 valence electrons. The predicted molar refractivity (Wildman–Crippen MR) is 40.4 cm³/mol. The molecule has 2 fully saturated rings. The standard InChI is InChI=1S/C7H13N3/c8-7(9)10-6-4-2-1-3-5(4)6/h4-6H,1-3H2,(H4,8,9,10). The van der Waals surface area contributed by atoms with Crippen molar-refractivity contribution < 1.29 is 0 Å². The van der Waals surface area contributed by atoms with Gasteiger partial charge >= 0.3 is 0 Å². The van der Waals surface area contributed by atoms with E-state index in [-0.39, 0.29) is 5.96 Å². The van der Waals surface area contributed by atoms with Crippen molar-refractivity contribution in [2.75, 3.05) is 0 Å². The Bertz CT molecular complexity index is 162. The summed E-state index contributed by atoms with van der Waals surface area (Å²) in [6, 6.07) is 0.499. The molecule has 3 heteroatoms. The molecule has 2 unspecified atom stereocenters. The second-order valence-electron chi connectivity index (χ2n) is 3.30. The maximum atomic E-state index is 5.26. The van der Waals surface area contributed by atoms with Gasteiger partial charge in [0, 0.05) is 0 Å². The highest BCUT2D eigenvalue weighted by molar-refractivity contribution is 5.76. The van der Waals surface area contributed by atoms with Gasteiger partial charge < -0.3 is 11.5 Å². The van der Waals surface area contributed by atoms with E-state index in [0.717, 1.165) is 11.8 Å². The van der Waals surface area contributed by atoms with Crippen LogP contribution in [0, 0.1) is 11.8 Å². The van der Waals surface area contributed by atoms with Gasteiger partial charge in [-0.25, -0.2) is 4.99 Å². The predicted octanol–water partition coefficient (Wildman–Crippen LogP) is 0.0583. The number of hydrogen-bond donors (Lipinski definition) is 2. The molecule has 0 heterocycles. The molecule has 0 bridgehead atoms. The molecular formula is C7H13N3. The molecule has 2 rings (SSSR count). The van der Waals surface area contributed by atoms with Gasteiger partial charge in [-0.05, 0) is 24.7 Å². The average Bonchev–Trinajstić information content (AvgIpc) is 2.40. The summed E-state index contributed by atoms with van der Waals surface area (Å²) in [5, 5.41) is 0. The van der Waals surface area contributed by atoms with E-state index in [1.165, 1.54) is 19.3 Å². The van der Waals surface area contributed by atoms with Crippen molar-refractivity contribution in [1.29, 1.82) is 0 Å². The van der Waals surface area contributed by atoms with Crippen LogP contribution in [-0.2, 0) is 0 Å². The van der Waals surface area contributed by atoms with E-state index in [0.29, 0.717) is 6.04 Å². The largest absolute Gasteiger partial charge is 0.370 e. The number of fused-ring (bicyclic) bond motifs is 1. The molecule has 0 amide bonds. The molecule has 2 aliphatic carbocycles. The molecule has 0 aromatic rings. The zero-order valence-corrected chi connectivity index (χ0v) is 5.96. The summed E-state index contributed by atoms with van der Waals surface area (Å²) in [5.41, 5.74) is 10.5. The van der Waals surface area contributed by atoms with E-state index >= 15 is 0 Å². The molecule has 0 radical (unpaired) electrons. The van der Waals surface area contributed by atoms with Gasteiger partial charge in [0.1, 0.15) is 0 Å². The van der Waals surface area contributed by atoms with Crippen LogP contribution in [0.2, 0.25) is 0 Å². The highest BCUT2D eigenvalue weighted by Crippen LogP contribution is 2.53. The monoisotopic (exact) mass is 139 g/mol. The number of aliphatic imine (C=N–C) groups is 1. The van der Waals surface area contributed by atoms with Crippen molar-refractivity contribution in [2.24, 2.45) is 28.3 Å². The normalized spacial score (nSPS) is 42.6. The van der Waals surface area contributed by atoms with Crippen LogP contribution in [0.4, 0.5) is 0 Å². The molecule has 3 nitrogen and oxygen atoms in total. The van der Waals surface area contributed by atoms with Gasteiger partial charge in [-0.15, -0.1) is 0 Å². The summed E-state index contributed by atoms with van der Waals surface area (Å²) in [7, 11) is 0. The van der Waals surface area contributed by atoms with Gasteiger partial charge in [0.15, 0.2) is 5.96 Å². The quantitative estimate of drug-likeness (QED) is 0.398. The zero-order valence-electron chi connectivity index (χ0n) is 5.96. The smallest absolute Gasteiger partial charge is 0.186 e. The molecular weight excluding hydrogens is 126 g/mol. The Morgan fingerprint density at radius 3 is 2.30 bits per heavy atom. The van der Waals surface area contributed by atoms with E-state index in [1.807, 2.05) is 0 Å². The minimum Gasteiger partial charge on any atom is -0.370 e. The third-order valence-electron chi connectivity index (χ3n) is 2.66. The Morgan fingerprint density at radius 1 is 1.20 bits per heavy atom. The van der Waals surface area contributed by atoms with Crippen molar-refractivity contribution in [3.63, 3.8) is 0 Å². The number of guanidine groups is 1. The summed E-state index contributed by atoms with van der Waals surface area (Å²) < 4.78 is 0. The average molecular weight is 139 g/mol. The van der Waals surface area contributed by atoms with Gasteiger partial charge in [-0.1, -0.05) is 6.42 Å². The maximum absolute atomic E-state index is 5.26. The topological polar surface area (TPSA) is 64.4 Å². The van der Waals surface area contributed by atoms with Crippen molar-refractivity contribution in [3.05, 3.63) is 0 Å². The lowest BCUT2D eigenvalue weighted by atomic mass is 10.2. The van der Waals surface area contributed by atoms with Crippen molar-refractivity contribution in [1.82, 2.24) is 0 Å². The van der Waals surface area contributed by atoms with Gasteiger partial charge in [0.25, 0.3) is 0 Å². The SMILES string of the molecule is NC(N)=NC1C2CCCC21. The van der Waals surface area contributed by atoms with E-state index in [9.17, 15) is 0 Å². The first-order chi connectivity index (χ1) is 4.79. The molecule has 0 spiro atoms. The van der Waals surface area contributed by atoms with E-state index in [2.05, 4.69) is 4.99 Å². The lowest BCUT2D eigenvalue weighted by Gasteiger charge is -1.95. The highest BCUT2D eigenvalue weighted by atomic mass is 15.0. The Balaban J connectivity index is 1.95. The van der Waals surface area contributed by atoms with E-state index in [1.54, 1.807) is 0 Å². The Labute approximate surface area is 60.5 Å². The highest BCUT2D eigenvalue weighted by Gasteiger charge is 2.52. The van der Waals surface area contributed by atoms with Crippen LogP contribution in [0.3, 0.4) is 0 Å². The van der Waals surface area contributed by atoms with Gasteiger partial charge in [-0.3, -0.25) is 0 Å². The van der Waals surface area contributed by atoms with Crippen LogP contribution >= 0.6 is 0 Å². The lowest BCUT2D eigenvalue weighted by Crippen LogP contribution is -2.23.